The summed E-state index contributed by atoms with van der Waals surface area (Å²) in [6.45, 7) is 3.35. The first-order valence-electron chi connectivity index (χ1n) is 13.4. The van der Waals surface area contributed by atoms with E-state index in [0.29, 0.717) is 30.8 Å². The zero-order valence-corrected chi connectivity index (χ0v) is 21.8. The summed E-state index contributed by atoms with van der Waals surface area (Å²) in [5, 5.41) is 21.3. The molecule has 5 rings (SSSR count). The molecule has 3 atom stereocenters. The van der Waals surface area contributed by atoms with Crippen LogP contribution in [0, 0.1) is 5.92 Å². The molecule has 200 valence electrons. The zero-order valence-electron chi connectivity index (χ0n) is 21.8. The second kappa shape index (κ2) is 10.7. The number of nitrogens with zero attached hydrogens (tertiary/aromatic N) is 3. The average Bonchev–Trinajstić information content (AvgIpc) is 3.64. The summed E-state index contributed by atoms with van der Waals surface area (Å²) in [5.74, 6) is -0.942. The number of carbonyl (C=O) groups excluding carboxylic acids is 3. The van der Waals surface area contributed by atoms with E-state index < -0.39 is 17.4 Å². The van der Waals surface area contributed by atoms with Crippen LogP contribution >= 0.6 is 0 Å². The second-order valence-electron chi connectivity index (χ2n) is 10.5. The summed E-state index contributed by atoms with van der Waals surface area (Å²) >= 11 is 0. The van der Waals surface area contributed by atoms with Crippen molar-refractivity contribution in [2.45, 2.75) is 57.2 Å². The summed E-state index contributed by atoms with van der Waals surface area (Å²) in [5.41, 5.74) is 1.12. The number of aliphatic hydroxyl groups is 2. The van der Waals surface area contributed by atoms with Crippen LogP contribution in [0.4, 0.5) is 11.4 Å². The molecule has 3 heterocycles. The molecule has 0 bridgehead atoms. The molecule has 8 nitrogen and oxygen atoms in total. The minimum absolute atomic E-state index is 0.0377. The molecule has 2 aromatic carbocycles. The number of fused-ring (bicyclic) bond motifs is 1. The topological polar surface area (TPSA) is 101 Å². The van der Waals surface area contributed by atoms with Crippen molar-refractivity contribution in [3.8, 4) is 0 Å². The van der Waals surface area contributed by atoms with Gasteiger partial charge < -0.3 is 24.9 Å². The largest absolute Gasteiger partial charge is 0.394 e. The molecular formula is C30H35N3O5. The second-order valence-corrected chi connectivity index (χ2v) is 10.5. The van der Waals surface area contributed by atoms with Crippen molar-refractivity contribution in [2.24, 2.45) is 5.92 Å². The SMILES string of the molecule is C[C@@H](/C=C/CC(=O)N1CCC[C@H]1CO)[C@]1(O)C(=O)N(Cc2cccc(N3CCCC3=O)c2)c2ccccc21. The van der Waals surface area contributed by atoms with Gasteiger partial charge in [-0.1, -0.05) is 49.4 Å². The standard InChI is InChI=1S/C30H35N3O5/c1-21(8-4-14-27(35)32-16-6-11-24(32)20-34)30(38)25-12-2-3-13-26(25)33(29(30)37)19-22-9-5-10-23(18-22)31-17-7-15-28(31)36/h2-5,8-10,12-13,18,21,24,34,38H,6-7,11,14-17,19-20H2,1H3/b8-4+/t21-,24-,30+/m0/s1. The Morgan fingerprint density at radius 3 is 2.71 bits per heavy atom. The third-order valence-electron chi connectivity index (χ3n) is 8.10. The van der Waals surface area contributed by atoms with Crippen molar-refractivity contribution < 1.29 is 24.6 Å². The van der Waals surface area contributed by atoms with Gasteiger partial charge in [-0.3, -0.25) is 14.4 Å². The number of aliphatic hydroxyl groups excluding tert-OH is 1. The van der Waals surface area contributed by atoms with Gasteiger partial charge in [0.15, 0.2) is 5.60 Å². The number of benzene rings is 2. The van der Waals surface area contributed by atoms with Crippen LogP contribution in [0.25, 0.3) is 0 Å². The fourth-order valence-corrected chi connectivity index (χ4v) is 5.97. The highest BCUT2D eigenvalue weighted by Gasteiger charge is 2.52. The predicted molar refractivity (Wildman–Crippen MR) is 144 cm³/mol. The lowest BCUT2D eigenvalue weighted by atomic mass is 9.83. The molecule has 0 saturated carbocycles. The van der Waals surface area contributed by atoms with Gasteiger partial charge in [-0.15, -0.1) is 0 Å². The Bertz CT molecular complexity index is 1260. The van der Waals surface area contributed by atoms with Crippen molar-refractivity contribution in [3.63, 3.8) is 0 Å². The molecule has 2 saturated heterocycles. The van der Waals surface area contributed by atoms with Gasteiger partial charge in [0.25, 0.3) is 5.91 Å². The lowest BCUT2D eigenvalue weighted by Crippen LogP contribution is -2.44. The number of likely N-dealkylation sites (tertiary alicyclic amines) is 1. The Balaban J connectivity index is 1.34. The Morgan fingerprint density at radius 1 is 1.13 bits per heavy atom. The Labute approximate surface area is 223 Å². The fourth-order valence-electron chi connectivity index (χ4n) is 5.97. The number of hydrogen-bond donors (Lipinski definition) is 2. The highest BCUT2D eigenvalue weighted by Crippen LogP contribution is 2.45. The average molecular weight is 518 g/mol. The lowest BCUT2D eigenvalue weighted by molar-refractivity contribution is -0.139. The lowest BCUT2D eigenvalue weighted by Gasteiger charge is -2.28. The van der Waals surface area contributed by atoms with Crippen LogP contribution in [0.5, 0.6) is 0 Å². The molecule has 2 N–H and O–H groups in total. The van der Waals surface area contributed by atoms with Crippen LogP contribution in [-0.4, -0.2) is 58.6 Å². The first-order valence-corrected chi connectivity index (χ1v) is 13.4. The number of amides is 3. The summed E-state index contributed by atoms with van der Waals surface area (Å²) < 4.78 is 0. The minimum atomic E-state index is -1.76. The molecule has 0 unspecified atom stereocenters. The van der Waals surface area contributed by atoms with Crippen molar-refractivity contribution in [1.29, 1.82) is 0 Å². The van der Waals surface area contributed by atoms with E-state index >= 15 is 0 Å². The van der Waals surface area contributed by atoms with Crippen molar-refractivity contribution >= 4 is 29.1 Å². The first kappa shape index (κ1) is 26.1. The van der Waals surface area contributed by atoms with Gasteiger partial charge in [0.1, 0.15) is 0 Å². The minimum Gasteiger partial charge on any atom is -0.394 e. The maximum atomic E-state index is 13.8. The zero-order chi connectivity index (χ0) is 26.9. The Morgan fingerprint density at radius 2 is 1.95 bits per heavy atom. The molecule has 0 spiro atoms. The van der Waals surface area contributed by atoms with E-state index in [1.54, 1.807) is 39.8 Å². The van der Waals surface area contributed by atoms with Crippen LogP contribution < -0.4 is 9.80 Å². The first-order chi connectivity index (χ1) is 18.3. The molecule has 8 heteroatoms. The third-order valence-corrected chi connectivity index (χ3v) is 8.10. The normalized spacial score (nSPS) is 24.1. The van der Waals surface area contributed by atoms with Crippen LogP contribution in [-0.2, 0) is 26.5 Å². The van der Waals surface area contributed by atoms with E-state index in [2.05, 4.69) is 0 Å². The summed E-state index contributed by atoms with van der Waals surface area (Å²) in [4.78, 5) is 43.8. The summed E-state index contributed by atoms with van der Waals surface area (Å²) in [7, 11) is 0. The van der Waals surface area contributed by atoms with Gasteiger partial charge in [0.2, 0.25) is 11.8 Å². The molecule has 3 aliphatic heterocycles. The number of rotatable bonds is 8. The Kier molecular flexibility index (Phi) is 7.36. The molecule has 3 amide bonds. The van der Waals surface area contributed by atoms with Gasteiger partial charge in [0.05, 0.1) is 24.9 Å². The van der Waals surface area contributed by atoms with Crippen LogP contribution in [0.1, 0.15) is 50.2 Å². The number of hydrogen-bond acceptors (Lipinski definition) is 5. The van der Waals surface area contributed by atoms with Crippen LogP contribution in [0.3, 0.4) is 0 Å². The fraction of sp³-hybridized carbons (Fsp3) is 0.433. The number of carbonyl (C=O) groups is 3. The molecule has 2 fully saturated rings. The third kappa shape index (κ3) is 4.63. The van der Waals surface area contributed by atoms with Gasteiger partial charge >= 0.3 is 0 Å². The van der Waals surface area contributed by atoms with E-state index in [9.17, 15) is 24.6 Å². The maximum absolute atomic E-state index is 13.8. The number of anilines is 2. The number of para-hydroxylation sites is 1. The Hall–Kier alpha value is -3.49. The van der Waals surface area contributed by atoms with Crippen LogP contribution in [0.2, 0.25) is 0 Å². The van der Waals surface area contributed by atoms with E-state index in [4.69, 9.17) is 0 Å². The van der Waals surface area contributed by atoms with E-state index in [1.165, 1.54) is 0 Å². The van der Waals surface area contributed by atoms with Gasteiger partial charge in [-0.2, -0.15) is 0 Å². The molecule has 2 aromatic rings. The summed E-state index contributed by atoms with van der Waals surface area (Å²) in [6.07, 6.45) is 6.68. The van der Waals surface area contributed by atoms with Gasteiger partial charge in [0, 0.05) is 43.1 Å². The molecular weight excluding hydrogens is 482 g/mol. The van der Waals surface area contributed by atoms with Crippen molar-refractivity contribution in [3.05, 3.63) is 71.8 Å². The molecule has 0 aliphatic carbocycles. The van der Waals surface area contributed by atoms with E-state index in [0.717, 1.165) is 30.5 Å². The highest BCUT2D eigenvalue weighted by molar-refractivity contribution is 6.07. The molecule has 38 heavy (non-hydrogen) atoms. The van der Waals surface area contributed by atoms with Crippen LogP contribution in [0.15, 0.2) is 60.7 Å². The van der Waals surface area contributed by atoms with Crippen molar-refractivity contribution in [1.82, 2.24) is 4.90 Å². The van der Waals surface area contributed by atoms with Crippen molar-refractivity contribution in [2.75, 3.05) is 29.5 Å². The van der Waals surface area contributed by atoms with Gasteiger partial charge in [-0.05, 0) is 43.0 Å². The maximum Gasteiger partial charge on any atom is 0.264 e. The van der Waals surface area contributed by atoms with E-state index in [-0.39, 0.29) is 37.4 Å². The monoisotopic (exact) mass is 517 g/mol. The smallest absolute Gasteiger partial charge is 0.264 e. The molecule has 0 aromatic heterocycles. The summed E-state index contributed by atoms with van der Waals surface area (Å²) in [6, 6.07) is 14.8. The van der Waals surface area contributed by atoms with E-state index in [1.807, 2.05) is 42.5 Å². The van der Waals surface area contributed by atoms with Gasteiger partial charge in [-0.25, -0.2) is 0 Å². The highest BCUT2D eigenvalue weighted by atomic mass is 16.3. The predicted octanol–water partition coefficient (Wildman–Crippen LogP) is 3.11. The molecule has 0 radical (unpaired) electrons. The molecule has 3 aliphatic rings. The quantitative estimate of drug-likeness (QED) is 0.524.